The van der Waals surface area contributed by atoms with E-state index in [0.717, 1.165) is 29.0 Å². The van der Waals surface area contributed by atoms with Gasteiger partial charge in [-0.3, -0.25) is 0 Å². The molecule has 0 radical (unpaired) electrons. The molecule has 1 aromatic carbocycles. The van der Waals surface area contributed by atoms with Crippen LogP contribution in [0.15, 0.2) is 24.3 Å². The van der Waals surface area contributed by atoms with Crippen molar-refractivity contribution in [2.75, 3.05) is 6.26 Å². The molecule has 0 aliphatic carbocycles. The van der Waals surface area contributed by atoms with Gasteiger partial charge in [0.15, 0.2) is 0 Å². The van der Waals surface area contributed by atoms with Crippen molar-refractivity contribution in [1.82, 2.24) is 0 Å². The van der Waals surface area contributed by atoms with Crippen LogP contribution in [0, 0.1) is 16.7 Å². The molecule has 1 nitrogen and oxygen atoms in total. The van der Waals surface area contributed by atoms with E-state index < -0.39 is 0 Å². The molecule has 0 aliphatic rings. The van der Waals surface area contributed by atoms with E-state index in [2.05, 4.69) is 11.5 Å². The van der Waals surface area contributed by atoms with Gasteiger partial charge in [-0.2, -0.15) is 10.8 Å². The zero-order chi connectivity index (χ0) is 11.8. The maximum Gasteiger partial charge on any atom is 1.00 e. The van der Waals surface area contributed by atoms with Crippen molar-refractivity contribution in [3.8, 4) is 6.07 Å². The van der Waals surface area contributed by atoms with Gasteiger partial charge in [-0.1, -0.05) is 30.2 Å². The van der Waals surface area contributed by atoms with Gasteiger partial charge < -0.3 is 0 Å². The van der Waals surface area contributed by atoms with E-state index in [4.69, 9.17) is 16.9 Å². The maximum atomic E-state index is 8.51. The van der Waals surface area contributed by atoms with E-state index in [0.29, 0.717) is 6.42 Å². The van der Waals surface area contributed by atoms with E-state index in [-0.39, 0.29) is 17.1 Å². The van der Waals surface area contributed by atoms with Crippen molar-refractivity contribution < 1.29 is 17.1 Å². The Labute approximate surface area is 123 Å². The quantitative estimate of drug-likeness (QED) is 0.453. The van der Waals surface area contributed by atoms with Gasteiger partial charge >= 0.3 is 17.1 Å². The first kappa shape index (κ1) is 16.6. The van der Waals surface area contributed by atoms with Crippen LogP contribution in [0.3, 0.4) is 0 Å². The van der Waals surface area contributed by atoms with Crippen LogP contribution in [-0.4, -0.2) is 6.26 Å². The second-order valence-electron chi connectivity index (χ2n) is 3.30. The van der Waals surface area contributed by atoms with Gasteiger partial charge in [-0.05, 0) is 12.7 Å². The Balaban J connectivity index is 0.00000256. The standard InChI is InChI=1S/C13H13ClNS.Cu/c1-16-10-12(4-2-3-9-15)11-5-7-13(14)8-6-11;/h5-8H,2-4H2,1H3;/q-1;+1. The zero-order valence-electron chi connectivity index (χ0n) is 9.47. The summed E-state index contributed by atoms with van der Waals surface area (Å²) in [5.41, 5.74) is 2.29. The van der Waals surface area contributed by atoms with E-state index in [1.807, 2.05) is 30.5 Å². The molecular weight excluding hydrogens is 301 g/mol. The van der Waals surface area contributed by atoms with Crippen LogP contribution >= 0.6 is 23.4 Å². The number of benzene rings is 1. The van der Waals surface area contributed by atoms with Crippen LogP contribution in [0.1, 0.15) is 24.8 Å². The van der Waals surface area contributed by atoms with E-state index in [9.17, 15) is 0 Å². The average molecular weight is 314 g/mol. The number of nitrogens with zero attached hydrogens (tertiary/aromatic N) is 1. The number of allylic oxidation sites excluding steroid dienone is 1. The third kappa shape index (κ3) is 6.19. The fourth-order valence-corrected chi connectivity index (χ4v) is 1.97. The molecule has 0 aromatic heterocycles. The number of rotatable bonds is 5. The number of unbranched alkanes of at least 4 members (excludes halogenated alkanes) is 1. The summed E-state index contributed by atoms with van der Waals surface area (Å²) in [5, 5.41) is 12.5. The van der Waals surface area contributed by atoms with Gasteiger partial charge in [0.05, 0.1) is 6.07 Å². The second kappa shape index (κ2) is 9.62. The average Bonchev–Trinajstić information content (AvgIpc) is 2.29. The van der Waals surface area contributed by atoms with Crippen LogP contribution in [0.2, 0.25) is 5.02 Å². The minimum atomic E-state index is 0. The minimum absolute atomic E-state index is 0. The first-order valence-corrected chi connectivity index (χ1v) is 6.66. The summed E-state index contributed by atoms with van der Waals surface area (Å²) < 4.78 is 0. The summed E-state index contributed by atoms with van der Waals surface area (Å²) in [4.78, 5) is 0. The van der Waals surface area contributed by atoms with E-state index >= 15 is 0 Å². The SMILES string of the molecule is CS[C-]=C(CCCC#N)c1ccc(Cl)cc1.[Cu+]. The third-order valence-electron chi connectivity index (χ3n) is 2.13. The predicted octanol–water partition coefficient (Wildman–Crippen LogP) is 4.54. The molecule has 94 valence electrons. The van der Waals surface area contributed by atoms with Gasteiger partial charge in [-0.25, -0.2) is 22.7 Å². The van der Waals surface area contributed by atoms with Crippen molar-refractivity contribution in [2.45, 2.75) is 19.3 Å². The van der Waals surface area contributed by atoms with Crippen LogP contribution in [-0.2, 0) is 17.1 Å². The molecular formula is C13H13ClCuNS. The molecule has 1 rings (SSSR count). The molecule has 17 heavy (non-hydrogen) atoms. The Morgan fingerprint density at radius 2 is 2.06 bits per heavy atom. The third-order valence-corrected chi connectivity index (χ3v) is 2.84. The maximum absolute atomic E-state index is 8.51. The first-order chi connectivity index (χ1) is 7.77. The monoisotopic (exact) mass is 313 g/mol. The molecule has 0 saturated carbocycles. The van der Waals surface area contributed by atoms with Gasteiger partial charge in [0.2, 0.25) is 0 Å². The molecule has 0 spiro atoms. The molecule has 0 amide bonds. The molecule has 1 aromatic rings. The summed E-state index contributed by atoms with van der Waals surface area (Å²) in [6.07, 6.45) is 4.34. The van der Waals surface area contributed by atoms with Crippen molar-refractivity contribution in [3.05, 3.63) is 40.3 Å². The number of halogens is 1. The fraction of sp³-hybridized carbons (Fsp3) is 0.308. The van der Waals surface area contributed by atoms with E-state index in [1.165, 1.54) is 0 Å². The molecule has 0 heterocycles. The molecule has 0 saturated heterocycles. The molecule has 0 N–H and O–H groups in total. The summed E-state index contributed by atoms with van der Waals surface area (Å²) in [7, 11) is 0. The Kier molecular flexibility index (Phi) is 9.40. The van der Waals surface area contributed by atoms with Crippen molar-refractivity contribution >= 4 is 28.9 Å². The zero-order valence-corrected chi connectivity index (χ0v) is 12.0. The van der Waals surface area contributed by atoms with Gasteiger partial charge in [0.1, 0.15) is 0 Å². The normalized spacial score (nSPS) is 10.5. The first-order valence-electron chi connectivity index (χ1n) is 5.05. The van der Waals surface area contributed by atoms with Crippen LogP contribution < -0.4 is 0 Å². The Bertz CT molecular complexity index is 395. The topological polar surface area (TPSA) is 23.8 Å². The smallest absolute Gasteiger partial charge is 0.249 e. The number of hydrogen-bond donors (Lipinski definition) is 0. The Morgan fingerprint density at radius 1 is 1.41 bits per heavy atom. The van der Waals surface area contributed by atoms with Crippen molar-refractivity contribution in [2.24, 2.45) is 0 Å². The number of hydrogen-bond acceptors (Lipinski definition) is 2. The molecule has 0 aliphatic heterocycles. The van der Waals surface area contributed by atoms with Gasteiger partial charge in [0.25, 0.3) is 0 Å². The molecule has 4 heteroatoms. The van der Waals surface area contributed by atoms with Crippen LogP contribution in [0.5, 0.6) is 0 Å². The van der Waals surface area contributed by atoms with Gasteiger partial charge in [0, 0.05) is 11.4 Å². The number of nitriles is 1. The van der Waals surface area contributed by atoms with Gasteiger partial charge in [-0.15, -0.1) is 12.1 Å². The molecule has 0 unspecified atom stereocenters. The Morgan fingerprint density at radius 3 is 2.59 bits per heavy atom. The Hall–Kier alpha value is -0.391. The summed E-state index contributed by atoms with van der Waals surface area (Å²) in [6, 6.07) is 9.90. The predicted molar refractivity (Wildman–Crippen MR) is 71.1 cm³/mol. The summed E-state index contributed by atoms with van der Waals surface area (Å²) in [6.45, 7) is 0. The van der Waals surface area contributed by atoms with Crippen molar-refractivity contribution in [1.29, 1.82) is 5.26 Å². The second-order valence-corrected chi connectivity index (χ2v) is 4.35. The minimum Gasteiger partial charge on any atom is -0.249 e. The molecule has 0 bridgehead atoms. The number of thioether (sulfide) groups is 1. The van der Waals surface area contributed by atoms with Crippen LogP contribution in [0.25, 0.3) is 5.57 Å². The van der Waals surface area contributed by atoms with E-state index in [1.54, 1.807) is 11.8 Å². The van der Waals surface area contributed by atoms with Crippen molar-refractivity contribution in [3.63, 3.8) is 0 Å². The summed E-state index contributed by atoms with van der Waals surface area (Å²) >= 11 is 7.41. The molecule has 0 atom stereocenters. The molecule has 0 fully saturated rings. The van der Waals surface area contributed by atoms with Crippen LogP contribution in [0.4, 0.5) is 0 Å². The summed E-state index contributed by atoms with van der Waals surface area (Å²) in [5.74, 6) is 0. The fourth-order valence-electron chi connectivity index (χ4n) is 1.37. The largest absolute Gasteiger partial charge is 1.00 e.